The second kappa shape index (κ2) is 6.25. The highest BCUT2D eigenvalue weighted by Gasteiger charge is 2.21. The van der Waals surface area contributed by atoms with Gasteiger partial charge >= 0.3 is 0 Å². The van der Waals surface area contributed by atoms with Crippen molar-refractivity contribution in [2.24, 2.45) is 5.92 Å². The molecule has 0 spiro atoms. The van der Waals surface area contributed by atoms with Crippen molar-refractivity contribution in [3.8, 4) is 0 Å². The molecule has 1 fully saturated rings. The van der Waals surface area contributed by atoms with E-state index in [4.69, 9.17) is 4.74 Å². The van der Waals surface area contributed by atoms with Gasteiger partial charge in [0.2, 0.25) is 0 Å². The van der Waals surface area contributed by atoms with Crippen LogP contribution in [0.4, 0.5) is 0 Å². The standard InChI is InChI=1S/C11H19N3OS/c1-9-4-2-3-5-10(9)15-6-7-16-11-8-12-14-13-11/h8-10H,2-7H2,1H3,(H,12,13,14)/t9-,10+/m1/s1. The average molecular weight is 241 g/mol. The zero-order valence-corrected chi connectivity index (χ0v) is 10.5. The fourth-order valence-corrected chi connectivity index (χ4v) is 2.76. The lowest BCUT2D eigenvalue weighted by atomic mass is 9.88. The van der Waals surface area contributed by atoms with Gasteiger partial charge in [0, 0.05) is 5.75 Å². The van der Waals surface area contributed by atoms with Crippen molar-refractivity contribution in [3.05, 3.63) is 6.20 Å². The predicted octanol–water partition coefficient (Wildman–Crippen LogP) is 2.49. The van der Waals surface area contributed by atoms with E-state index >= 15 is 0 Å². The van der Waals surface area contributed by atoms with E-state index in [2.05, 4.69) is 22.3 Å². The third-order valence-electron chi connectivity index (χ3n) is 3.09. The third-order valence-corrected chi connectivity index (χ3v) is 3.95. The molecule has 1 aromatic rings. The van der Waals surface area contributed by atoms with Crippen LogP contribution < -0.4 is 0 Å². The molecule has 5 heteroatoms. The van der Waals surface area contributed by atoms with Crippen LogP contribution in [0, 0.1) is 5.92 Å². The lowest BCUT2D eigenvalue weighted by molar-refractivity contribution is 0.00346. The Labute approximate surface area is 101 Å². The minimum absolute atomic E-state index is 0.478. The zero-order valence-electron chi connectivity index (χ0n) is 9.69. The van der Waals surface area contributed by atoms with Gasteiger partial charge in [0.25, 0.3) is 0 Å². The summed E-state index contributed by atoms with van der Waals surface area (Å²) in [6, 6.07) is 0. The normalized spacial score (nSPS) is 25.8. The minimum Gasteiger partial charge on any atom is -0.377 e. The number of H-pyrrole nitrogens is 1. The molecule has 0 amide bonds. The molecule has 1 heterocycles. The molecule has 1 aromatic heterocycles. The first kappa shape index (κ1) is 11.9. The minimum atomic E-state index is 0.478. The van der Waals surface area contributed by atoms with Crippen molar-refractivity contribution in [2.45, 2.75) is 43.7 Å². The van der Waals surface area contributed by atoms with E-state index in [-0.39, 0.29) is 0 Å². The van der Waals surface area contributed by atoms with Crippen LogP contribution in [0.1, 0.15) is 32.6 Å². The predicted molar refractivity (Wildman–Crippen MR) is 64.5 cm³/mol. The number of ether oxygens (including phenoxy) is 1. The molecule has 2 rings (SSSR count). The number of nitrogens with one attached hydrogen (secondary N) is 1. The second-order valence-electron chi connectivity index (χ2n) is 4.33. The van der Waals surface area contributed by atoms with Crippen LogP contribution in [0.25, 0.3) is 0 Å². The van der Waals surface area contributed by atoms with E-state index in [0.717, 1.165) is 23.3 Å². The molecule has 1 aliphatic carbocycles. The summed E-state index contributed by atoms with van der Waals surface area (Å²) in [4.78, 5) is 0. The smallest absolute Gasteiger partial charge is 0.138 e. The van der Waals surface area contributed by atoms with Crippen LogP contribution in [-0.2, 0) is 4.74 Å². The van der Waals surface area contributed by atoms with Gasteiger partial charge in [0.05, 0.1) is 18.9 Å². The Balaban J connectivity index is 1.60. The summed E-state index contributed by atoms with van der Waals surface area (Å²) in [6.45, 7) is 3.11. The first-order valence-electron chi connectivity index (χ1n) is 5.96. The number of nitrogens with zero attached hydrogens (tertiary/aromatic N) is 2. The second-order valence-corrected chi connectivity index (χ2v) is 5.44. The summed E-state index contributed by atoms with van der Waals surface area (Å²) < 4.78 is 5.91. The monoisotopic (exact) mass is 241 g/mol. The Morgan fingerprint density at radius 1 is 1.50 bits per heavy atom. The Bertz CT molecular complexity index is 291. The van der Waals surface area contributed by atoms with E-state index in [9.17, 15) is 0 Å². The molecule has 0 bridgehead atoms. The lowest BCUT2D eigenvalue weighted by Crippen LogP contribution is -2.26. The van der Waals surface area contributed by atoms with Gasteiger partial charge in [-0.3, -0.25) is 0 Å². The highest BCUT2D eigenvalue weighted by Crippen LogP contribution is 2.26. The van der Waals surface area contributed by atoms with Crippen LogP contribution in [0.5, 0.6) is 0 Å². The topological polar surface area (TPSA) is 50.8 Å². The van der Waals surface area contributed by atoms with Crippen LogP contribution in [0.3, 0.4) is 0 Å². The fourth-order valence-electron chi connectivity index (χ4n) is 2.14. The summed E-state index contributed by atoms with van der Waals surface area (Å²) in [5.41, 5.74) is 0. The molecule has 0 radical (unpaired) electrons. The van der Waals surface area contributed by atoms with Crippen molar-refractivity contribution in [1.82, 2.24) is 15.4 Å². The van der Waals surface area contributed by atoms with Crippen LogP contribution in [0.2, 0.25) is 0 Å². The summed E-state index contributed by atoms with van der Waals surface area (Å²) in [5.74, 6) is 1.68. The highest BCUT2D eigenvalue weighted by molar-refractivity contribution is 7.99. The van der Waals surface area contributed by atoms with E-state index in [1.165, 1.54) is 25.7 Å². The number of thioether (sulfide) groups is 1. The van der Waals surface area contributed by atoms with Gasteiger partial charge in [0.1, 0.15) is 5.03 Å². The van der Waals surface area contributed by atoms with Crippen molar-refractivity contribution < 1.29 is 4.74 Å². The maximum absolute atomic E-state index is 5.91. The first-order chi connectivity index (χ1) is 7.86. The molecular weight excluding hydrogens is 222 g/mol. The zero-order chi connectivity index (χ0) is 11.2. The number of hydrogen-bond donors (Lipinski definition) is 1. The van der Waals surface area contributed by atoms with Crippen molar-refractivity contribution in [2.75, 3.05) is 12.4 Å². The Morgan fingerprint density at radius 2 is 2.38 bits per heavy atom. The van der Waals surface area contributed by atoms with Crippen molar-refractivity contribution >= 4 is 11.8 Å². The summed E-state index contributed by atoms with van der Waals surface area (Å²) in [7, 11) is 0. The van der Waals surface area contributed by atoms with Crippen LogP contribution in [-0.4, -0.2) is 33.9 Å². The summed E-state index contributed by atoms with van der Waals surface area (Å²) >= 11 is 1.69. The summed E-state index contributed by atoms with van der Waals surface area (Å²) in [5, 5.41) is 11.3. The van der Waals surface area contributed by atoms with Crippen molar-refractivity contribution in [3.63, 3.8) is 0 Å². The third kappa shape index (κ3) is 3.49. The number of aromatic nitrogens is 3. The van der Waals surface area contributed by atoms with Crippen LogP contribution >= 0.6 is 11.8 Å². The van der Waals surface area contributed by atoms with Gasteiger partial charge in [-0.05, 0) is 18.8 Å². The van der Waals surface area contributed by atoms with E-state index in [1.54, 1.807) is 18.0 Å². The van der Waals surface area contributed by atoms with Gasteiger partial charge in [-0.1, -0.05) is 19.8 Å². The van der Waals surface area contributed by atoms with Crippen LogP contribution in [0.15, 0.2) is 11.2 Å². The SMILES string of the molecule is C[C@@H]1CCCC[C@@H]1OCCSc1cn[nH]n1. The van der Waals surface area contributed by atoms with E-state index in [0.29, 0.717) is 6.10 Å². The largest absolute Gasteiger partial charge is 0.377 e. The molecule has 1 aliphatic rings. The first-order valence-corrected chi connectivity index (χ1v) is 6.95. The summed E-state index contributed by atoms with van der Waals surface area (Å²) in [6.07, 6.45) is 7.47. The lowest BCUT2D eigenvalue weighted by Gasteiger charge is -2.28. The quantitative estimate of drug-likeness (QED) is 0.635. The Morgan fingerprint density at radius 3 is 3.12 bits per heavy atom. The molecule has 1 saturated carbocycles. The molecule has 0 aliphatic heterocycles. The van der Waals surface area contributed by atoms with E-state index in [1.807, 2.05) is 0 Å². The highest BCUT2D eigenvalue weighted by atomic mass is 32.2. The maximum atomic E-state index is 5.91. The van der Waals surface area contributed by atoms with Crippen molar-refractivity contribution in [1.29, 1.82) is 0 Å². The molecule has 4 nitrogen and oxygen atoms in total. The molecule has 0 unspecified atom stereocenters. The molecule has 16 heavy (non-hydrogen) atoms. The average Bonchev–Trinajstić information content (AvgIpc) is 2.79. The van der Waals surface area contributed by atoms with Gasteiger partial charge in [-0.2, -0.15) is 10.3 Å². The van der Waals surface area contributed by atoms with Gasteiger partial charge in [-0.15, -0.1) is 16.9 Å². The molecule has 0 saturated heterocycles. The van der Waals surface area contributed by atoms with E-state index < -0.39 is 0 Å². The molecule has 0 aromatic carbocycles. The molecule has 90 valence electrons. The fraction of sp³-hybridized carbons (Fsp3) is 0.818. The van der Waals surface area contributed by atoms with Gasteiger partial charge in [0.15, 0.2) is 0 Å². The van der Waals surface area contributed by atoms with Gasteiger partial charge < -0.3 is 4.74 Å². The Kier molecular flexibility index (Phi) is 4.66. The molecule has 2 atom stereocenters. The number of rotatable bonds is 5. The maximum Gasteiger partial charge on any atom is 0.138 e. The van der Waals surface area contributed by atoms with Gasteiger partial charge in [-0.25, -0.2) is 0 Å². The molecule has 1 N–H and O–H groups in total. The Hall–Kier alpha value is -0.550. The number of aromatic amines is 1. The number of hydrogen-bond acceptors (Lipinski definition) is 4. The molecular formula is C11H19N3OS.